The van der Waals surface area contributed by atoms with E-state index in [9.17, 15) is 0 Å². The summed E-state index contributed by atoms with van der Waals surface area (Å²) in [5, 5.41) is 0. The van der Waals surface area contributed by atoms with Crippen LogP contribution >= 0.6 is 0 Å². The molecule has 0 radical (unpaired) electrons. The SMILES string of the molecule is Cc1ccc(C2CC3CCC(CC4CCC5CC(C6CCC(C)CC6)CC5C4)CC3C2)cc1. The van der Waals surface area contributed by atoms with E-state index in [4.69, 9.17) is 0 Å². The maximum atomic E-state index is 2.48. The molecule has 0 amide bonds. The number of benzene rings is 1. The van der Waals surface area contributed by atoms with Gasteiger partial charge in [0.15, 0.2) is 0 Å². The summed E-state index contributed by atoms with van der Waals surface area (Å²) in [6.07, 6.45) is 23.4. The highest BCUT2D eigenvalue weighted by Crippen LogP contribution is 2.55. The molecule has 0 spiro atoms. The Kier molecular flexibility index (Phi) is 6.66. The van der Waals surface area contributed by atoms with Crippen molar-refractivity contribution in [3.8, 4) is 0 Å². The Morgan fingerprint density at radius 1 is 0.545 bits per heavy atom. The van der Waals surface area contributed by atoms with Gasteiger partial charge in [0.2, 0.25) is 0 Å². The number of hydrogen-bond donors (Lipinski definition) is 0. The van der Waals surface area contributed by atoms with Crippen molar-refractivity contribution in [3.05, 3.63) is 35.4 Å². The van der Waals surface area contributed by atoms with Gasteiger partial charge < -0.3 is 0 Å². The van der Waals surface area contributed by atoms with Crippen LogP contribution in [-0.4, -0.2) is 0 Å². The molecule has 0 bridgehead atoms. The van der Waals surface area contributed by atoms with Crippen molar-refractivity contribution in [2.45, 2.75) is 116 Å². The number of hydrogen-bond acceptors (Lipinski definition) is 0. The van der Waals surface area contributed by atoms with Crippen LogP contribution in [0.2, 0.25) is 0 Å². The Morgan fingerprint density at radius 3 is 1.76 bits per heavy atom. The van der Waals surface area contributed by atoms with Gasteiger partial charge >= 0.3 is 0 Å². The number of aryl methyl sites for hydroxylation is 1. The number of fused-ring (bicyclic) bond motifs is 2. The van der Waals surface area contributed by atoms with E-state index in [1.165, 1.54) is 31.2 Å². The van der Waals surface area contributed by atoms with Gasteiger partial charge in [0, 0.05) is 0 Å². The third kappa shape index (κ3) is 4.97. The monoisotopic (exact) mass is 446 g/mol. The second-order valence-electron chi connectivity index (χ2n) is 14.0. The summed E-state index contributed by atoms with van der Waals surface area (Å²) in [6.45, 7) is 4.70. The lowest BCUT2D eigenvalue weighted by atomic mass is 9.68. The van der Waals surface area contributed by atoms with E-state index in [-0.39, 0.29) is 0 Å². The summed E-state index contributed by atoms with van der Waals surface area (Å²) in [5.41, 5.74) is 3.04. The lowest BCUT2D eigenvalue weighted by Gasteiger charge is -2.37. The molecule has 0 saturated heterocycles. The molecular weight excluding hydrogens is 396 g/mol. The summed E-state index contributed by atoms with van der Waals surface area (Å²) in [7, 11) is 0. The second-order valence-corrected chi connectivity index (χ2v) is 14.0. The third-order valence-electron chi connectivity index (χ3n) is 11.8. The fourth-order valence-corrected chi connectivity index (χ4v) is 9.90. The fraction of sp³-hybridized carbons (Fsp3) is 0.818. The standard InChI is InChI=1S/C33H50/c1-22-3-9-26(10-4-22)32-18-28-13-7-24(16-30(28)20-32)15-25-8-14-29-19-33(21-31(29)17-25)27-11-5-23(2)6-12-27/h3-4,9-10,23-25,27-33H,5-8,11-21H2,1-2H3. The van der Waals surface area contributed by atoms with E-state index in [0.29, 0.717) is 0 Å². The van der Waals surface area contributed by atoms with Crippen LogP contribution in [-0.2, 0) is 0 Å². The fourth-order valence-electron chi connectivity index (χ4n) is 9.90. The maximum Gasteiger partial charge on any atom is -0.0156 e. The van der Waals surface area contributed by atoms with E-state index < -0.39 is 0 Å². The smallest absolute Gasteiger partial charge is 0.0156 e. The van der Waals surface area contributed by atoms with Crippen LogP contribution in [0, 0.1) is 60.2 Å². The van der Waals surface area contributed by atoms with Crippen molar-refractivity contribution in [2.75, 3.05) is 0 Å². The van der Waals surface area contributed by atoms with Crippen LogP contribution < -0.4 is 0 Å². The lowest BCUT2D eigenvalue weighted by Crippen LogP contribution is -2.26. The maximum absolute atomic E-state index is 2.48. The minimum absolute atomic E-state index is 0.855. The zero-order valence-corrected chi connectivity index (χ0v) is 21.7. The topological polar surface area (TPSA) is 0 Å². The van der Waals surface area contributed by atoms with Crippen LogP contribution in [0.15, 0.2) is 24.3 Å². The van der Waals surface area contributed by atoms with Gasteiger partial charge in [-0.05, 0) is 142 Å². The molecule has 5 fully saturated rings. The van der Waals surface area contributed by atoms with Crippen molar-refractivity contribution < 1.29 is 0 Å². The van der Waals surface area contributed by atoms with Crippen molar-refractivity contribution in [2.24, 2.45) is 53.3 Å². The molecule has 0 aromatic heterocycles. The van der Waals surface area contributed by atoms with Crippen molar-refractivity contribution in [1.29, 1.82) is 0 Å². The zero-order chi connectivity index (χ0) is 22.4. The van der Waals surface area contributed by atoms with Gasteiger partial charge in [-0.2, -0.15) is 0 Å². The van der Waals surface area contributed by atoms with E-state index >= 15 is 0 Å². The summed E-state index contributed by atoms with van der Waals surface area (Å²) >= 11 is 0. The molecular formula is C33H50. The molecule has 5 aliphatic rings. The molecule has 5 aliphatic carbocycles. The number of rotatable bonds is 4. The Balaban J connectivity index is 0.990. The quantitative estimate of drug-likeness (QED) is 0.432. The van der Waals surface area contributed by atoms with Crippen molar-refractivity contribution in [1.82, 2.24) is 0 Å². The zero-order valence-electron chi connectivity index (χ0n) is 21.7. The van der Waals surface area contributed by atoms with Crippen LogP contribution in [0.1, 0.15) is 120 Å². The van der Waals surface area contributed by atoms with Gasteiger partial charge in [0.25, 0.3) is 0 Å². The third-order valence-corrected chi connectivity index (χ3v) is 11.8. The van der Waals surface area contributed by atoms with Gasteiger partial charge in [-0.3, -0.25) is 0 Å². The molecule has 8 unspecified atom stereocenters. The van der Waals surface area contributed by atoms with Gasteiger partial charge in [-0.15, -0.1) is 0 Å². The lowest BCUT2D eigenvalue weighted by molar-refractivity contribution is 0.139. The molecule has 6 rings (SSSR count). The molecule has 182 valence electrons. The predicted molar refractivity (Wildman–Crippen MR) is 140 cm³/mol. The first kappa shape index (κ1) is 22.7. The molecule has 0 heterocycles. The molecule has 0 nitrogen and oxygen atoms in total. The normalized spacial score (nSPS) is 45.5. The summed E-state index contributed by atoms with van der Waals surface area (Å²) < 4.78 is 0. The van der Waals surface area contributed by atoms with Crippen molar-refractivity contribution in [3.63, 3.8) is 0 Å². The molecule has 5 saturated carbocycles. The van der Waals surface area contributed by atoms with E-state index in [0.717, 1.165) is 59.2 Å². The summed E-state index contributed by atoms with van der Waals surface area (Å²) in [6, 6.07) is 9.52. The average Bonchev–Trinajstić information content (AvgIpc) is 3.44. The highest BCUT2D eigenvalue weighted by Gasteiger charge is 2.43. The van der Waals surface area contributed by atoms with Crippen molar-refractivity contribution >= 4 is 0 Å². The molecule has 8 atom stereocenters. The van der Waals surface area contributed by atoms with Gasteiger partial charge in [0.1, 0.15) is 0 Å². The molecule has 1 aromatic carbocycles. The molecule has 1 aromatic rings. The Morgan fingerprint density at radius 2 is 1.06 bits per heavy atom. The molecule has 33 heavy (non-hydrogen) atoms. The van der Waals surface area contributed by atoms with E-state index in [1.807, 2.05) is 0 Å². The Hall–Kier alpha value is -0.780. The van der Waals surface area contributed by atoms with Gasteiger partial charge in [-0.1, -0.05) is 62.4 Å². The first-order valence-corrected chi connectivity index (χ1v) is 15.2. The summed E-state index contributed by atoms with van der Waals surface area (Å²) in [5.74, 6) is 10.5. The van der Waals surface area contributed by atoms with Gasteiger partial charge in [-0.25, -0.2) is 0 Å². The molecule has 0 aliphatic heterocycles. The van der Waals surface area contributed by atoms with Gasteiger partial charge in [0.05, 0.1) is 0 Å². The van der Waals surface area contributed by atoms with Crippen LogP contribution in [0.3, 0.4) is 0 Å². The van der Waals surface area contributed by atoms with E-state index in [1.54, 1.807) is 76.2 Å². The van der Waals surface area contributed by atoms with Crippen LogP contribution in [0.5, 0.6) is 0 Å². The minimum atomic E-state index is 0.855. The average molecular weight is 447 g/mol. The highest BCUT2D eigenvalue weighted by atomic mass is 14.5. The second kappa shape index (κ2) is 9.70. The Bertz CT molecular complexity index is 768. The minimum Gasteiger partial charge on any atom is -0.0625 e. The molecule has 0 heteroatoms. The largest absolute Gasteiger partial charge is 0.0625 e. The van der Waals surface area contributed by atoms with Crippen LogP contribution in [0.25, 0.3) is 0 Å². The summed E-state index contributed by atoms with van der Waals surface area (Å²) in [4.78, 5) is 0. The first-order chi connectivity index (χ1) is 16.1. The first-order valence-electron chi connectivity index (χ1n) is 15.2. The predicted octanol–water partition coefficient (Wildman–Crippen LogP) is 9.56. The van der Waals surface area contributed by atoms with Crippen LogP contribution in [0.4, 0.5) is 0 Å². The highest BCUT2D eigenvalue weighted by molar-refractivity contribution is 5.25. The van der Waals surface area contributed by atoms with E-state index in [2.05, 4.69) is 38.1 Å². The Labute approximate surface area is 204 Å². The molecule has 0 N–H and O–H groups in total.